The lowest BCUT2D eigenvalue weighted by Gasteiger charge is -2.14. The van der Waals surface area contributed by atoms with Crippen LogP contribution in [0.2, 0.25) is 0 Å². The first kappa shape index (κ1) is 21.9. The van der Waals surface area contributed by atoms with Crippen LogP contribution in [0.25, 0.3) is 55.4 Å². The topological polar surface area (TPSA) is 25.8 Å². The van der Waals surface area contributed by atoms with E-state index in [1.807, 2.05) is 36.8 Å². The maximum absolute atomic E-state index is 4.53. The van der Waals surface area contributed by atoms with E-state index in [0.717, 1.165) is 22.2 Å². The van der Waals surface area contributed by atoms with Crippen LogP contribution in [-0.4, -0.2) is 9.97 Å². The number of aryl methyl sites for hydroxylation is 2. The van der Waals surface area contributed by atoms with Crippen molar-refractivity contribution >= 4 is 10.8 Å². The highest BCUT2D eigenvalue weighted by Crippen LogP contribution is 2.38. The van der Waals surface area contributed by atoms with E-state index in [4.69, 9.17) is 0 Å². The molecule has 0 bridgehead atoms. The van der Waals surface area contributed by atoms with Crippen molar-refractivity contribution < 1.29 is 0 Å². The largest absolute Gasteiger partial charge is 0.264 e. The van der Waals surface area contributed by atoms with E-state index in [9.17, 15) is 0 Å². The van der Waals surface area contributed by atoms with Gasteiger partial charge in [0, 0.05) is 29.5 Å². The van der Waals surface area contributed by atoms with E-state index in [0.29, 0.717) is 0 Å². The Hall–Kier alpha value is -4.56. The minimum absolute atomic E-state index is 0.974. The van der Waals surface area contributed by atoms with Crippen molar-refractivity contribution in [3.05, 3.63) is 133 Å². The van der Waals surface area contributed by atoms with Crippen LogP contribution < -0.4 is 0 Å². The molecule has 36 heavy (non-hydrogen) atoms. The average molecular weight is 463 g/mol. The zero-order chi connectivity index (χ0) is 24.5. The molecule has 4 aromatic carbocycles. The maximum Gasteiger partial charge on any atom is 0.0702 e. The Labute approximate surface area is 212 Å². The molecule has 0 spiro atoms. The molecule has 2 heteroatoms. The zero-order valence-corrected chi connectivity index (χ0v) is 20.4. The summed E-state index contributed by atoms with van der Waals surface area (Å²) < 4.78 is 0. The first-order chi connectivity index (χ1) is 17.7. The minimum atomic E-state index is 0.974. The molecule has 0 fully saturated rings. The Morgan fingerprint density at radius 3 is 2.03 bits per heavy atom. The van der Waals surface area contributed by atoms with Gasteiger partial charge in [-0.2, -0.15) is 0 Å². The monoisotopic (exact) mass is 462 g/mol. The number of nitrogens with zero attached hydrogens (tertiary/aromatic N) is 2. The lowest BCUT2D eigenvalue weighted by atomic mass is 9.90. The fourth-order valence-electron chi connectivity index (χ4n) is 4.92. The average Bonchev–Trinajstić information content (AvgIpc) is 2.93. The van der Waals surface area contributed by atoms with Crippen LogP contribution in [0, 0.1) is 13.8 Å². The van der Waals surface area contributed by atoms with Crippen molar-refractivity contribution in [2.75, 3.05) is 0 Å². The molecule has 0 atom stereocenters. The predicted molar refractivity (Wildman–Crippen MR) is 151 cm³/mol. The van der Waals surface area contributed by atoms with Crippen LogP contribution in [0.15, 0.2) is 122 Å². The second kappa shape index (κ2) is 9.24. The van der Waals surface area contributed by atoms with E-state index < -0.39 is 0 Å². The summed E-state index contributed by atoms with van der Waals surface area (Å²) in [7, 11) is 0. The van der Waals surface area contributed by atoms with Gasteiger partial charge in [0.2, 0.25) is 0 Å². The van der Waals surface area contributed by atoms with Crippen LogP contribution >= 0.6 is 0 Å². The second-order valence-electron chi connectivity index (χ2n) is 9.33. The number of benzene rings is 4. The fourth-order valence-corrected chi connectivity index (χ4v) is 4.92. The molecular formula is C34H26N2. The summed E-state index contributed by atoms with van der Waals surface area (Å²) in [5.74, 6) is 0. The summed E-state index contributed by atoms with van der Waals surface area (Å²) in [6.07, 6.45) is 5.71. The van der Waals surface area contributed by atoms with Crippen LogP contribution in [0.5, 0.6) is 0 Å². The van der Waals surface area contributed by atoms with Gasteiger partial charge < -0.3 is 0 Å². The molecule has 2 aromatic heterocycles. The quantitative estimate of drug-likeness (QED) is 0.261. The number of fused-ring (bicyclic) bond motifs is 1. The Morgan fingerprint density at radius 1 is 0.472 bits per heavy atom. The Bertz CT molecular complexity index is 1680. The van der Waals surface area contributed by atoms with Gasteiger partial charge in [-0.3, -0.25) is 9.97 Å². The molecule has 2 nitrogen and oxygen atoms in total. The van der Waals surface area contributed by atoms with Crippen molar-refractivity contribution in [1.82, 2.24) is 9.97 Å². The molecule has 2 heterocycles. The molecule has 0 aliphatic heterocycles. The van der Waals surface area contributed by atoms with E-state index in [1.165, 1.54) is 44.3 Å². The van der Waals surface area contributed by atoms with Gasteiger partial charge in [0.1, 0.15) is 0 Å². The first-order valence-electron chi connectivity index (χ1n) is 12.2. The normalized spacial score (nSPS) is 11.1. The van der Waals surface area contributed by atoms with Crippen LogP contribution in [-0.2, 0) is 0 Å². The molecule has 6 aromatic rings. The third-order valence-electron chi connectivity index (χ3n) is 6.73. The van der Waals surface area contributed by atoms with Crippen molar-refractivity contribution in [3.8, 4) is 44.6 Å². The molecule has 0 radical (unpaired) electrons. The van der Waals surface area contributed by atoms with Crippen molar-refractivity contribution in [2.24, 2.45) is 0 Å². The summed E-state index contributed by atoms with van der Waals surface area (Å²) in [6, 6.07) is 36.8. The molecule has 0 saturated carbocycles. The smallest absolute Gasteiger partial charge is 0.0702 e. The number of aromatic nitrogens is 2. The Balaban J connectivity index is 1.49. The highest BCUT2D eigenvalue weighted by atomic mass is 14.7. The molecule has 0 saturated heterocycles. The summed E-state index contributed by atoms with van der Waals surface area (Å²) in [5.41, 5.74) is 11.8. The van der Waals surface area contributed by atoms with Crippen molar-refractivity contribution in [3.63, 3.8) is 0 Å². The van der Waals surface area contributed by atoms with E-state index in [1.54, 1.807) is 0 Å². The number of hydrogen-bond donors (Lipinski definition) is 0. The van der Waals surface area contributed by atoms with Gasteiger partial charge in [0.15, 0.2) is 0 Å². The molecule has 6 rings (SSSR count). The second-order valence-corrected chi connectivity index (χ2v) is 9.33. The van der Waals surface area contributed by atoms with Gasteiger partial charge in [0.25, 0.3) is 0 Å². The summed E-state index contributed by atoms with van der Waals surface area (Å²) in [6.45, 7) is 4.29. The third kappa shape index (κ3) is 4.18. The number of rotatable bonds is 4. The summed E-state index contributed by atoms with van der Waals surface area (Å²) in [5, 5.41) is 2.35. The number of pyridine rings is 2. The van der Waals surface area contributed by atoms with Crippen LogP contribution in [0.1, 0.15) is 11.1 Å². The van der Waals surface area contributed by atoms with Gasteiger partial charge in [-0.25, -0.2) is 0 Å². The molecule has 0 N–H and O–H groups in total. The van der Waals surface area contributed by atoms with Gasteiger partial charge >= 0.3 is 0 Å². The highest BCUT2D eigenvalue weighted by Gasteiger charge is 2.12. The summed E-state index contributed by atoms with van der Waals surface area (Å²) >= 11 is 0. The van der Waals surface area contributed by atoms with Crippen LogP contribution in [0.3, 0.4) is 0 Å². The van der Waals surface area contributed by atoms with E-state index in [-0.39, 0.29) is 0 Å². The molecule has 172 valence electrons. The van der Waals surface area contributed by atoms with Gasteiger partial charge in [0.05, 0.1) is 5.69 Å². The molecule has 0 aliphatic carbocycles. The van der Waals surface area contributed by atoms with Crippen molar-refractivity contribution in [1.29, 1.82) is 0 Å². The third-order valence-corrected chi connectivity index (χ3v) is 6.73. The number of hydrogen-bond acceptors (Lipinski definition) is 2. The fraction of sp³-hybridized carbons (Fsp3) is 0.0588. The minimum Gasteiger partial charge on any atom is -0.264 e. The standard InChI is InChI=1S/C34H26N2/c1-23-9-11-25(12-10-23)28-18-24(2)19-29(21-28)31-14-13-30(33-22-35-17-15-32(31)33)26-6-5-7-27(20-26)34-8-3-4-16-36-34/h3-22H,1-2H3. The van der Waals surface area contributed by atoms with E-state index >= 15 is 0 Å². The van der Waals surface area contributed by atoms with Crippen LogP contribution in [0.4, 0.5) is 0 Å². The summed E-state index contributed by atoms with van der Waals surface area (Å²) in [4.78, 5) is 9.03. The molecule has 0 amide bonds. The lowest BCUT2D eigenvalue weighted by Crippen LogP contribution is -1.90. The molecule has 0 unspecified atom stereocenters. The van der Waals surface area contributed by atoms with Crippen molar-refractivity contribution in [2.45, 2.75) is 13.8 Å². The lowest BCUT2D eigenvalue weighted by molar-refractivity contribution is 1.33. The highest BCUT2D eigenvalue weighted by molar-refractivity contribution is 6.05. The Morgan fingerprint density at radius 2 is 1.22 bits per heavy atom. The van der Waals surface area contributed by atoms with Gasteiger partial charge in [-0.15, -0.1) is 0 Å². The van der Waals surface area contributed by atoms with Gasteiger partial charge in [-0.05, 0) is 88.5 Å². The first-order valence-corrected chi connectivity index (χ1v) is 12.2. The maximum atomic E-state index is 4.53. The predicted octanol–water partition coefficient (Wildman–Crippen LogP) is 8.91. The molecule has 0 aliphatic rings. The van der Waals surface area contributed by atoms with Gasteiger partial charge in [-0.1, -0.05) is 78.4 Å². The SMILES string of the molecule is Cc1ccc(-c2cc(C)cc(-c3ccc(-c4cccc(-c5ccccn5)c4)c4cnccc34)c2)cc1. The van der Waals surface area contributed by atoms with E-state index in [2.05, 4.69) is 109 Å². The Kier molecular flexibility index (Phi) is 5.63. The molecular weight excluding hydrogens is 436 g/mol. The zero-order valence-electron chi connectivity index (χ0n) is 20.4.